The Balaban J connectivity index is 1.27. The number of rotatable bonds is 10. The summed E-state index contributed by atoms with van der Waals surface area (Å²) in [6.07, 6.45) is 2.45. The number of carboxylic acids is 1. The van der Waals surface area contributed by atoms with Gasteiger partial charge in [-0.3, -0.25) is 9.59 Å². The Morgan fingerprint density at radius 2 is 1.83 bits per heavy atom. The van der Waals surface area contributed by atoms with Crippen LogP contribution in [0.25, 0.3) is 11.3 Å². The van der Waals surface area contributed by atoms with Crippen LogP contribution in [0.4, 0.5) is 5.13 Å². The third-order valence-corrected chi connectivity index (χ3v) is 9.57. The van der Waals surface area contributed by atoms with Crippen molar-refractivity contribution in [2.24, 2.45) is 17.8 Å². The molecule has 2 bridgehead atoms. The van der Waals surface area contributed by atoms with E-state index in [2.05, 4.69) is 16.3 Å². The van der Waals surface area contributed by atoms with Crippen molar-refractivity contribution in [2.45, 2.75) is 59.2 Å². The molecular weight excluding hydrogens is 550 g/mol. The van der Waals surface area contributed by atoms with Crippen LogP contribution in [0.3, 0.4) is 0 Å². The number of aryl methyl sites for hydroxylation is 2. The highest BCUT2D eigenvalue weighted by Gasteiger charge is 2.46. The van der Waals surface area contributed by atoms with Crippen LogP contribution in [0.1, 0.15) is 60.2 Å². The van der Waals surface area contributed by atoms with Gasteiger partial charge in [-0.1, -0.05) is 17.7 Å². The van der Waals surface area contributed by atoms with E-state index in [9.17, 15) is 19.8 Å². The van der Waals surface area contributed by atoms with Gasteiger partial charge in [0.15, 0.2) is 5.13 Å². The van der Waals surface area contributed by atoms with Crippen LogP contribution in [0.15, 0.2) is 41.8 Å². The fraction of sp³-hybridized carbons (Fsp3) is 0.485. The van der Waals surface area contributed by atoms with Gasteiger partial charge in [-0.25, -0.2) is 4.98 Å². The minimum absolute atomic E-state index is 0.0739. The number of piperidine rings is 1. The minimum atomic E-state index is -0.820. The second-order valence-corrected chi connectivity index (χ2v) is 13.4. The number of aromatic nitrogens is 1. The third-order valence-electron chi connectivity index (χ3n) is 8.67. The van der Waals surface area contributed by atoms with Gasteiger partial charge in [0.25, 0.3) is 5.91 Å². The molecule has 8 nitrogen and oxygen atoms in total. The number of aliphatic carboxylic acids is 1. The van der Waals surface area contributed by atoms with Crippen molar-refractivity contribution >= 4 is 28.3 Å². The Bertz CT molecular complexity index is 1450. The summed E-state index contributed by atoms with van der Waals surface area (Å²) in [5, 5.41) is 22.7. The number of thiazole rings is 1. The lowest BCUT2D eigenvalue weighted by atomic mass is 9.85. The number of ether oxygens (including phenoxy) is 1. The molecule has 9 heteroatoms. The van der Waals surface area contributed by atoms with Crippen LogP contribution >= 0.6 is 11.3 Å². The summed E-state index contributed by atoms with van der Waals surface area (Å²) in [5.74, 6) is 0.152. The van der Waals surface area contributed by atoms with E-state index in [1.165, 1.54) is 0 Å². The summed E-state index contributed by atoms with van der Waals surface area (Å²) < 4.78 is 6.34. The molecule has 5 rings (SSSR count). The molecule has 1 unspecified atom stereocenters. The predicted molar refractivity (Wildman–Crippen MR) is 165 cm³/mol. The Morgan fingerprint density at radius 3 is 2.48 bits per heavy atom. The highest BCUT2D eigenvalue weighted by molar-refractivity contribution is 7.14. The fourth-order valence-electron chi connectivity index (χ4n) is 6.19. The first kappa shape index (κ1) is 30.0. The van der Waals surface area contributed by atoms with Crippen LogP contribution < -0.4 is 9.64 Å². The number of hydrogen-bond acceptors (Lipinski definition) is 7. The third kappa shape index (κ3) is 6.63. The van der Waals surface area contributed by atoms with E-state index < -0.39 is 11.6 Å². The highest BCUT2D eigenvalue weighted by Crippen LogP contribution is 2.44. The lowest BCUT2D eigenvalue weighted by Crippen LogP contribution is -2.44. The Labute approximate surface area is 252 Å². The molecule has 0 spiro atoms. The second kappa shape index (κ2) is 12.1. The van der Waals surface area contributed by atoms with Crippen LogP contribution in [0.5, 0.6) is 5.75 Å². The maximum absolute atomic E-state index is 12.9. The summed E-state index contributed by atoms with van der Waals surface area (Å²) in [4.78, 5) is 33.6. The van der Waals surface area contributed by atoms with E-state index in [1.54, 1.807) is 37.1 Å². The van der Waals surface area contributed by atoms with Gasteiger partial charge in [-0.2, -0.15) is 0 Å². The molecule has 0 radical (unpaired) electrons. The lowest BCUT2D eigenvalue weighted by Gasteiger charge is -2.35. The van der Waals surface area contributed by atoms with E-state index in [-0.39, 0.29) is 23.7 Å². The molecule has 1 aromatic heterocycles. The van der Waals surface area contributed by atoms with E-state index in [0.29, 0.717) is 25.1 Å². The van der Waals surface area contributed by atoms with E-state index >= 15 is 0 Å². The lowest BCUT2D eigenvalue weighted by molar-refractivity contribution is -0.144. The normalized spacial score (nSPS) is 20.0. The van der Waals surface area contributed by atoms with E-state index in [4.69, 9.17) is 9.72 Å². The monoisotopic (exact) mass is 591 g/mol. The minimum Gasteiger partial charge on any atom is -0.488 e. The number of hydrogen-bond donors (Lipinski definition) is 2. The molecule has 2 aromatic carbocycles. The number of fused-ring (bicyclic) bond motifs is 2. The molecule has 224 valence electrons. The van der Waals surface area contributed by atoms with Crippen LogP contribution in [0.2, 0.25) is 0 Å². The van der Waals surface area contributed by atoms with E-state index in [1.807, 2.05) is 44.2 Å². The maximum Gasteiger partial charge on any atom is 0.307 e. The van der Waals surface area contributed by atoms with Crippen molar-refractivity contribution in [2.75, 3.05) is 31.6 Å². The van der Waals surface area contributed by atoms with Crippen molar-refractivity contribution in [1.82, 2.24) is 9.88 Å². The van der Waals surface area contributed by atoms with Gasteiger partial charge in [0.1, 0.15) is 12.4 Å². The van der Waals surface area contributed by atoms with Gasteiger partial charge in [-0.05, 0) is 94.2 Å². The van der Waals surface area contributed by atoms with E-state index in [0.717, 1.165) is 64.8 Å². The van der Waals surface area contributed by atoms with Gasteiger partial charge in [-0.15, -0.1) is 11.3 Å². The first-order valence-electron chi connectivity index (χ1n) is 14.6. The van der Waals surface area contributed by atoms with Crippen LogP contribution in [0, 0.1) is 31.6 Å². The molecule has 2 heterocycles. The summed E-state index contributed by atoms with van der Waals surface area (Å²) in [5.41, 5.74) is 4.65. The zero-order chi connectivity index (χ0) is 30.2. The summed E-state index contributed by atoms with van der Waals surface area (Å²) in [6, 6.07) is 11.8. The molecule has 1 aliphatic heterocycles. The van der Waals surface area contributed by atoms with Gasteiger partial charge < -0.3 is 24.7 Å². The quantitative estimate of drug-likeness (QED) is 0.308. The SMILES string of the molecule is Cc1ccc(OCc2ccc(C(=O)N(C)CCC(C)(C)O)cc2C)c(-c2csc(N3CC4CC[C@@H](C3)[C@H]4C(=O)O)n2)c1. The first-order chi connectivity index (χ1) is 19.9. The standard InChI is InChI=1S/C33H41N3O5S/c1-20-6-11-28(41-18-25-10-7-22(15-21(25)2)30(37)35(5)13-12-33(3,4)40)26(14-20)27-19-42-32(34-27)36-16-23-8-9-24(17-36)29(23)31(38)39/h6-7,10-11,14-15,19,23-24,29,40H,8-9,12-13,16-18H2,1-5H3,(H,38,39)/t23-,24?,29+/m0/s1. The molecule has 1 saturated heterocycles. The molecule has 1 amide bonds. The molecule has 2 aliphatic rings. The molecule has 42 heavy (non-hydrogen) atoms. The molecular formula is C33H41N3O5S. The highest BCUT2D eigenvalue weighted by atomic mass is 32.1. The Hall–Kier alpha value is -3.43. The van der Waals surface area contributed by atoms with Crippen molar-refractivity contribution < 1.29 is 24.5 Å². The maximum atomic E-state index is 12.9. The van der Waals surface area contributed by atoms with Crippen molar-refractivity contribution in [3.05, 3.63) is 64.0 Å². The molecule has 1 aliphatic carbocycles. The van der Waals surface area contributed by atoms with Crippen molar-refractivity contribution in [1.29, 1.82) is 0 Å². The van der Waals surface area contributed by atoms with Gasteiger partial charge in [0, 0.05) is 43.2 Å². The second-order valence-electron chi connectivity index (χ2n) is 12.6. The number of aliphatic hydroxyl groups is 1. The van der Waals surface area contributed by atoms with Gasteiger partial charge in [0.05, 0.1) is 17.2 Å². The molecule has 1 saturated carbocycles. The number of amides is 1. The number of carbonyl (C=O) groups is 2. The van der Waals surface area contributed by atoms with Gasteiger partial charge in [0.2, 0.25) is 0 Å². The number of carbonyl (C=O) groups excluding carboxylic acids is 1. The Kier molecular flexibility index (Phi) is 8.62. The molecule has 2 N–H and O–H groups in total. The number of benzene rings is 2. The first-order valence-corrected chi connectivity index (χ1v) is 15.5. The van der Waals surface area contributed by atoms with Crippen molar-refractivity contribution in [3.63, 3.8) is 0 Å². The molecule has 2 fully saturated rings. The average molecular weight is 592 g/mol. The number of anilines is 1. The Morgan fingerprint density at radius 1 is 1.12 bits per heavy atom. The molecule has 3 aromatic rings. The summed E-state index contributed by atoms with van der Waals surface area (Å²) in [6.45, 7) is 9.83. The summed E-state index contributed by atoms with van der Waals surface area (Å²) >= 11 is 1.60. The van der Waals surface area contributed by atoms with Gasteiger partial charge >= 0.3 is 5.97 Å². The largest absolute Gasteiger partial charge is 0.488 e. The average Bonchev–Trinajstić information content (AvgIpc) is 3.53. The zero-order valence-electron chi connectivity index (χ0n) is 25.1. The topological polar surface area (TPSA) is 103 Å². The van der Waals surface area contributed by atoms with Crippen molar-refractivity contribution in [3.8, 4) is 17.0 Å². The fourth-order valence-corrected chi connectivity index (χ4v) is 7.04. The summed E-state index contributed by atoms with van der Waals surface area (Å²) in [7, 11) is 1.76. The predicted octanol–water partition coefficient (Wildman–Crippen LogP) is 5.79. The number of nitrogens with zero attached hydrogens (tertiary/aromatic N) is 3. The zero-order valence-corrected chi connectivity index (χ0v) is 25.9. The van der Waals surface area contributed by atoms with Crippen LogP contribution in [-0.4, -0.2) is 64.3 Å². The smallest absolute Gasteiger partial charge is 0.307 e. The molecule has 3 atom stereocenters. The number of carboxylic acid groups (broad SMARTS) is 1. The van der Waals surface area contributed by atoms with Crippen LogP contribution in [-0.2, 0) is 11.4 Å².